The molecule has 0 aromatic heterocycles. The minimum atomic E-state index is 0.693. The van der Waals surface area contributed by atoms with Gasteiger partial charge in [0.25, 0.3) is 0 Å². The Morgan fingerprint density at radius 2 is 1.59 bits per heavy atom. The second kappa shape index (κ2) is 3.92. The molecule has 0 bridgehead atoms. The molecular formula is C16H9N. The summed E-state index contributed by atoms with van der Waals surface area (Å²) in [4.78, 5) is 0. The summed E-state index contributed by atoms with van der Waals surface area (Å²) in [5.41, 5.74) is 4.69. The molecule has 0 amide bonds. The summed E-state index contributed by atoms with van der Waals surface area (Å²) >= 11 is 0. The van der Waals surface area contributed by atoms with E-state index in [2.05, 4.69) is 12.5 Å². The van der Waals surface area contributed by atoms with E-state index in [0.717, 1.165) is 22.3 Å². The molecule has 1 nitrogen and oxygen atoms in total. The molecule has 0 fully saturated rings. The Morgan fingerprint density at radius 1 is 0.882 bits per heavy atom. The van der Waals surface area contributed by atoms with Crippen molar-refractivity contribution in [1.29, 1.82) is 5.26 Å². The van der Waals surface area contributed by atoms with Crippen molar-refractivity contribution in [2.24, 2.45) is 0 Å². The van der Waals surface area contributed by atoms with Gasteiger partial charge in [0.1, 0.15) is 0 Å². The minimum Gasteiger partial charge on any atom is -0.192 e. The summed E-state index contributed by atoms with van der Waals surface area (Å²) in [5.74, 6) is 0. The number of hydrogen-bond acceptors (Lipinski definition) is 1. The first-order chi connectivity index (χ1) is 8.38. The maximum Gasteiger partial charge on any atom is 0.0998 e. The summed E-state index contributed by atoms with van der Waals surface area (Å²) in [6.07, 6.45) is 5.29. The van der Waals surface area contributed by atoms with Gasteiger partial charge in [-0.25, -0.2) is 0 Å². The fourth-order valence-electron chi connectivity index (χ4n) is 2.03. The SMILES string of the molecule is N#CC1=Cc2ccccc2[C]c2ccccc21. The molecule has 0 aliphatic heterocycles. The van der Waals surface area contributed by atoms with Crippen LogP contribution in [0.2, 0.25) is 0 Å². The van der Waals surface area contributed by atoms with Gasteiger partial charge in [0, 0.05) is 0 Å². The van der Waals surface area contributed by atoms with E-state index in [1.54, 1.807) is 0 Å². The van der Waals surface area contributed by atoms with Crippen molar-refractivity contribution < 1.29 is 0 Å². The molecule has 2 aromatic carbocycles. The van der Waals surface area contributed by atoms with Crippen molar-refractivity contribution in [2.45, 2.75) is 0 Å². The number of allylic oxidation sites excluding steroid dienone is 1. The highest BCUT2D eigenvalue weighted by Crippen LogP contribution is 2.30. The smallest absolute Gasteiger partial charge is 0.0998 e. The zero-order valence-electron chi connectivity index (χ0n) is 9.14. The molecule has 78 valence electrons. The average Bonchev–Trinajstić information content (AvgIpc) is 2.54. The number of nitriles is 1. The van der Waals surface area contributed by atoms with E-state index in [9.17, 15) is 5.26 Å². The predicted molar refractivity (Wildman–Crippen MR) is 67.8 cm³/mol. The zero-order chi connectivity index (χ0) is 11.7. The number of hydrogen-bond donors (Lipinski definition) is 0. The predicted octanol–water partition coefficient (Wildman–Crippen LogP) is 3.54. The highest BCUT2D eigenvalue weighted by atomic mass is 14.3. The maximum absolute atomic E-state index is 9.24. The quantitative estimate of drug-likeness (QED) is 0.659. The lowest BCUT2D eigenvalue weighted by Gasteiger charge is -2.04. The highest BCUT2D eigenvalue weighted by molar-refractivity contribution is 5.93. The molecule has 0 N–H and O–H groups in total. The van der Waals surface area contributed by atoms with Crippen molar-refractivity contribution in [3.8, 4) is 6.07 Å². The normalized spacial score (nSPS) is 12.8. The van der Waals surface area contributed by atoms with E-state index in [1.165, 1.54) is 0 Å². The van der Waals surface area contributed by atoms with Gasteiger partial charge < -0.3 is 0 Å². The van der Waals surface area contributed by atoms with Gasteiger partial charge in [-0.3, -0.25) is 0 Å². The Labute approximate surface area is 101 Å². The van der Waals surface area contributed by atoms with Gasteiger partial charge in [0.2, 0.25) is 0 Å². The van der Waals surface area contributed by atoms with Crippen molar-refractivity contribution in [2.75, 3.05) is 0 Å². The Morgan fingerprint density at radius 3 is 2.41 bits per heavy atom. The second-order valence-electron chi connectivity index (χ2n) is 3.93. The first-order valence-corrected chi connectivity index (χ1v) is 5.46. The van der Waals surface area contributed by atoms with E-state index in [1.807, 2.05) is 54.6 Å². The largest absolute Gasteiger partial charge is 0.192 e. The number of rotatable bonds is 0. The van der Waals surface area contributed by atoms with Crippen LogP contribution < -0.4 is 0 Å². The summed E-state index contributed by atoms with van der Waals surface area (Å²) in [6, 6.07) is 18.1. The van der Waals surface area contributed by atoms with Gasteiger partial charge >= 0.3 is 0 Å². The third-order valence-corrected chi connectivity index (χ3v) is 2.87. The van der Waals surface area contributed by atoms with Gasteiger partial charge in [0.05, 0.1) is 18.1 Å². The van der Waals surface area contributed by atoms with E-state index in [0.29, 0.717) is 5.57 Å². The lowest BCUT2D eigenvalue weighted by molar-refractivity contribution is 1.41. The standard InChI is InChI=1S/C16H9N/c17-11-15-10-13-6-2-1-5-12(13)9-14-7-3-4-8-16(14)15/h1-8,10H. The van der Waals surface area contributed by atoms with Crippen LogP contribution in [0.25, 0.3) is 11.6 Å². The van der Waals surface area contributed by atoms with E-state index >= 15 is 0 Å². The van der Waals surface area contributed by atoms with Crippen LogP contribution in [0, 0.1) is 17.8 Å². The van der Waals surface area contributed by atoms with Crippen molar-refractivity contribution in [3.05, 3.63) is 77.2 Å². The zero-order valence-corrected chi connectivity index (χ0v) is 9.14. The van der Waals surface area contributed by atoms with Crippen LogP contribution in [0.4, 0.5) is 0 Å². The van der Waals surface area contributed by atoms with E-state index < -0.39 is 0 Å². The van der Waals surface area contributed by atoms with E-state index in [4.69, 9.17) is 0 Å². The molecule has 0 spiro atoms. The molecule has 1 aliphatic rings. The molecule has 2 radical (unpaired) electrons. The fraction of sp³-hybridized carbons (Fsp3) is 0. The molecule has 17 heavy (non-hydrogen) atoms. The Balaban J connectivity index is 2.29. The summed E-state index contributed by atoms with van der Waals surface area (Å²) in [5, 5.41) is 9.24. The van der Waals surface area contributed by atoms with Gasteiger partial charge in [-0.2, -0.15) is 5.26 Å². The monoisotopic (exact) mass is 215 g/mol. The summed E-state index contributed by atoms with van der Waals surface area (Å²) in [7, 11) is 0. The lowest BCUT2D eigenvalue weighted by Crippen LogP contribution is -1.89. The lowest BCUT2D eigenvalue weighted by atomic mass is 9.98. The van der Waals surface area contributed by atoms with Crippen LogP contribution in [-0.4, -0.2) is 0 Å². The molecule has 1 heteroatoms. The van der Waals surface area contributed by atoms with Crippen LogP contribution in [-0.2, 0) is 0 Å². The molecule has 0 saturated heterocycles. The molecule has 2 aromatic rings. The third kappa shape index (κ3) is 1.64. The topological polar surface area (TPSA) is 23.8 Å². The van der Waals surface area contributed by atoms with Crippen LogP contribution in [0.1, 0.15) is 22.3 Å². The van der Waals surface area contributed by atoms with Crippen LogP contribution in [0.5, 0.6) is 0 Å². The molecular weight excluding hydrogens is 206 g/mol. The molecule has 0 saturated carbocycles. The number of nitrogens with zero attached hydrogens (tertiary/aromatic N) is 1. The van der Waals surface area contributed by atoms with Crippen LogP contribution >= 0.6 is 0 Å². The summed E-state index contributed by atoms with van der Waals surface area (Å²) in [6.45, 7) is 0. The number of benzene rings is 2. The first-order valence-electron chi connectivity index (χ1n) is 5.46. The van der Waals surface area contributed by atoms with Crippen LogP contribution in [0.15, 0.2) is 48.5 Å². The fourth-order valence-corrected chi connectivity index (χ4v) is 2.03. The van der Waals surface area contributed by atoms with Crippen molar-refractivity contribution in [1.82, 2.24) is 0 Å². The van der Waals surface area contributed by atoms with E-state index in [-0.39, 0.29) is 0 Å². The molecule has 3 rings (SSSR count). The number of fused-ring (bicyclic) bond motifs is 2. The molecule has 1 aliphatic carbocycles. The first kappa shape index (κ1) is 9.86. The molecule has 0 heterocycles. The Kier molecular flexibility index (Phi) is 2.27. The Bertz CT molecular complexity index is 645. The van der Waals surface area contributed by atoms with Gasteiger partial charge in [-0.15, -0.1) is 0 Å². The van der Waals surface area contributed by atoms with Crippen molar-refractivity contribution >= 4 is 11.6 Å². The molecule has 0 unspecified atom stereocenters. The van der Waals surface area contributed by atoms with Gasteiger partial charge in [-0.1, -0.05) is 48.5 Å². The molecule has 0 atom stereocenters. The van der Waals surface area contributed by atoms with Crippen molar-refractivity contribution in [3.63, 3.8) is 0 Å². The maximum atomic E-state index is 9.24. The third-order valence-electron chi connectivity index (χ3n) is 2.87. The summed E-state index contributed by atoms with van der Waals surface area (Å²) < 4.78 is 0. The van der Waals surface area contributed by atoms with Gasteiger partial charge in [-0.05, 0) is 28.3 Å². The Hall–Kier alpha value is -2.33. The van der Waals surface area contributed by atoms with Crippen LogP contribution in [0.3, 0.4) is 0 Å². The second-order valence-corrected chi connectivity index (χ2v) is 3.93. The average molecular weight is 215 g/mol. The van der Waals surface area contributed by atoms with Gasteiger partial charge in [0.15, 0.2) is 0 Å². The highest BCUT2D eigenvalue weighted by Gasteiger charge is 2.14. The minimum absolute atomic E-state index is 0.693.